The molecule has 0 heterocycles. The van der Waals surface area contributed by atoms with Crippen LogP contribution in [0.2, 0.25) is 0 Å². The quantitative estimate of drug-likeness (QED) is 0.510. The summed E-state index contributed by atoms with van der Waals surface area (Å²) >= 11 is 6.46. The van der Waals surface area contributed by atoms with Gasteiger partial charge in [0.2, 0.25) is 0 Å². The van der Waals surface area contributed by atoms with Crippen molar-refractivity contribution in [3.8, 4) is 0 Å². The zero-order valence-electron chi connectivity index (χ0n) is 11.4. The van der Waals surface area contributed by atoms with Crippen LogP contribution in [0.1, 0.15) is 65.2 Å². The number of ether oxygens (including phenoxy) is 1. The Balaban J connectivity index is 1.73. The van der Waals surface area contributed by atoms with Gasteiger partial charge in [0.15, 0.2) is 0 Å². The average molecular weight is 259 g/mol. The molecule has 0 saturated heterocycles. The van der Waals surface area contributed by atoms with E-state index >= 15 is 0 Å². The summed E-state index contributed by atoms with van der Waals surface area (Å²) in [6, 6.07) is 0. The maximum absolute atomic E-state index is 6.46. The molecule has 0 aromatic heterocycles. The summed E-state index contributed by atoms with van der Waals surface area (Å²) < 4.78 is 6.11. The lowest BCUT2D eigenvalue weighted by Gasteiger charge is -2.55. The molecule has 0 bridgehead atoms. The van der Waals surface area contributed by atoms with Crippen LogP contribution in [0.25, 0.3) is 0 Å². The number of alkyl halides is 1. The topological polar surface area (TPSA) is 9.23 Å². The summed E-state index contributed by atoms with van der Waals surface area (Å²) in [7, 11) is 0. The standard InChI is InChI=1S/C15H27ClO/c1-12(2)7-6-10-17-14-11-13(16)15(14)8-4-3-5-9-15/h12-14H,3-11H2,1-2H3. The minimum Gasteiger partial charge on any atom is -0.378 e. The van der Waals surface area contributed by atoms with Crippen molar-refractivity contribution in [2.75, 3.05) is 6.61 Å². The summed E-state index contributed by atoms with van der Waals surface area (Å²) in [5.41, 5.74) is 0.359. The van der Waals surface area contributed by atoms with Gasteiger partial charge in [0.05, 0.1) is 6.10 Å². The zero-order valence-corrected chi connectivity index (χ0v) is 12.1. The van der Waals surface area contributed by atoms with Gasteiger partial charge in [-0.2, -0.15) is 0 Å². The number of rotatable bonds is 5. The molecule has 2 atom stereocenters. The Morgan fingerprint density at radius 2 is 1.94 bits per heavy atom. The third-order valence-corrected chi connectivity index (χ3v) is 5.33. The van der Waals surface area contributed by atoms with Crippen LogP contribution in [0.15, 0.2) is 0 Å². The Bertz CT molecular complexity index is 233. The fourth-order valence-electron chi connectivity index (χ4n) is 3.49. The van der Waals surface area contributed by atoms with E-state index in [0.29, 0.717) is 16.9 Å². The largest absolute Gasteiger partial charge is 0.378 e. The second-order valence-corrected chi connectivity index (χ2v) is 6.92. The first-order chi connectivity index (χ1) is 8.15. The van der Waals surface area contributed by atoms with Gasteiger partial charge in [-0.25, -0.2) is 0 Å². The van der Waals surface area contributed by atoms with Gasteiger partial charge in [-0.3, -0.25) is 0 Å². The molecule has 2 unspecified atom stereocenters. The highest BCUT2D eigenvalue weighted by Crippen LogP contribution is 2.55. The van der Waals surface area contributed by atoms with Gasteiger partial charge < -0.3 is 4.74 Å². The van der Waals surface area contributed by atoms with E-state index in [9.17, 15) is 0 Å². The maximum atomic E-state index is 6.46. The molecule has 0 amide bonds. The molecule has 2 rings (SSSR count). The summed E-state index contributed by atoms with van der Waals surface area (Å²) in [6.07, 6.45) is 10.8. The summed E-state index contributed by atoms with van der Waals surface area (Å²) in [5.74, 6) is 0.796. The predicted octanol–water partition coefficient (Wildman–Crippen LogP) is 4.77. The van der Waals surface area contributed by atoms with Gasteiger partial charge in [-0.1, -0.05) is 33.1 Å². The first kappa shape index (κ1) is 13.7. The van der Waals surface area contributed by atoms with Crippen molar-refractivity contribution in [2.24, 2.45) is 11.3 Å². The number of hydrogen-bond acceptors (Lipinski definition) is 1. The van der Waals surface area contributed by atoms with Gasteiger partial charge in [-0.15, -0.1) is 11.6 Å². The Kier molecular flexibility index (Phi) is 4.77. The third-order valence-electron chi connectivity index (χ3n) is 4.72. The molecule has 1 nitrogen and oxygen atoms in total. The van der Waals surface area contributed by atoms with Crippen LogP contribution in [0, 0.1) is 11.3 Å². The lowest BCUT2D eigenvalue weighted by molar-refractivity contribution is -0.125. The van der Waals surface area contributed by atoms with Gasteiger partial charge in [0.25, 0.3) is 0 Å². The molecular weight excluding hydrogens is 232 g/mol. The van der Waals surface area contributed by atoms with Crippen LogP contribution < -0.4 is 0 Å². The molecule has 2 aliphatic rings. The van der Waals surface area contributed by atoms with E-state index in [1.54, 1.807) is 0 Å². The van der Waals surface area contributed by atoms with Crippen LogP contribution in [-0.2, 0) is 4.74 Å². The minimum atomic E-state index is 0.359. The molecule has 100 valence electrons. The zero-order chi connectivity index (χ0) is 12.3. The Morgan fingerprint density at radius 3 is 2.53 bits per heavy atom. The Hall–Kier alpha value is 0.250. The molecule has 2 aliphatic carbocycles. The third kappa shape index (κ3) is 2.98. The fraction of sp³-hybridized carbons (Fsp3) is 1.00. The second kappa shape index (κ2) is 5.93. The predicted molar refractivity (Wildman–Crippen MR) is 73.6 cm³/mol. The summed E-state index contributed by atoms with van der Waals surface area (Å²) in [5, 5.41) is 0.387. The molecule has 0 aromatic rings. The van der Waals surface area contributed by atoms with E-state index in [1.807, 2.05) is 0 Å². The highest BCUT2D eigenvalue weighted by Gasteiger charge is 2.54. The molecule has 17 heavy (non-hydrogen) atoms. The molecule has 2 heteroatoms. The van der Waals surface area contributed by atoms with Crippen molar-refractivity contribution >= 4 is 11.6 Å². The van der Waals surface area contributed by atoms with E-state index in [-0.39, 0.29) is 0 Å². The van der Waals surface area contributed by atoms with Crippen molar-refractivity contribution in [1.29, 1.82) is 0 Å². The highest BCUT2D eigenvalue weighted by molar-refractivity contribution is 6.21. The van der Waals surface area contributed by atoms with Gasteiger partial charge >= 0.3 is 0 Å². The minimum absolute atomic E-state index is 0.359. The van der Waals surface area contributed by atoms with E-state index in [0.717, 1.165) is 18.9 Å². The average Bonchev–Trinajstić information content (AvgIpc) is 2.34. The van der Waals surface area contributed by atoms with Crippen LogP contribution in [0.3, 0.4) is 0 Å². The van der Waals surface area contributed by atoms with E-state index in [1.165, 1.54) is 44.9 Å². The van der Waals surface area contributed by atoms with Crippen LogP contribution in [0.5, 0.6) is 0 Å². The monoisotopic (exact) mass is 258 g/mol. The Labute approximate surface area is 111 Å². The lowest BCUT2D eigenvalue weighted by Crippen LogP contribution is -2.56. The molecule has 0 aromatic carbocycles. The van der Waals surface area contributed by atoms with Crippen LogP contribution in [-0.4, -0.2) is 18.1 Å². The van der Waals surface area contributed by atoms with E-state index in [2.05, 4.69) is 13.8 Å². The van der Waals surface area contributed by atoms with Crippen LogP contribution >= 0.6 is 11.6 Å². The molecule has 2 saturated carbocycles. The number of hydrogen-bond donors (Lipinski definition) is 0. The smallest absolute Gasteiger partial charge is 0.0659 e. The normalized spacial score (nSPS) is 31.8. The van der Waals surface area contributed by atoms with Crippen molar-refractivity contribution in [3.63, 3.8) is 0 Å². The molecule has 2 fully saturated rings. The van der Waals surface area contributed by atoms with Crippen molar-refractivity contribution in [3.05, 3.63) is 0 Å². The molecular formula is C15H27ClO. The molecule has 1 spiro atoms. The SMILES string of the molecule is CC(C)CCCOC1CC(Cl)C12CCCCC2. The molecule has 0 radical (unpaired) electrons. The highest BCUT2D eigenvalue weighted by atomic mass is 35.5. The second-order valence-electron chi connectivity index (χ2n) is 6.39. The Morgan fingerprint density at radius 1 is 1.24 bits per heavy atom. The van der Waals surface area contributed by atoms with Crippen molar-refractivity contribution in [1.82, 2.24) is 0 Å². The maximum Gasteiger partial charge on any atom is 0.0659 e. The summed E-state index contributed by atoms with van der Waals surface area (Å²) in [6.45, 7) is 5.50. The van der Waals surface area contributed by atoms with Crippen molar-refractivity contribution in [2.45, 2.75) is 76.7 Å². The number of halogens is 1. The van der Waals surface area contributed by atoms with Crippen LogP contribution in [0.4, 0.5) is 0 Å². The van der Waals surface area contributed by atoms with E-state index in [4.69, 9.17) is 16.3 Å². The van der Waals surface area contributed by atoms with Gasteiger partial charge in [-0.05, 0) is 38.0 Å². The summed E-state index contributed by atoms with van der Waals surface area (Å²) in [4.78, 5) is 0. The lowest BCUT2D eigenvalue weighted by atomic mass is 9.58. The first-order valence-corrected chi connectivity index (χ1v) is 7.84. The molecule has 0 N–H and O–H groups in total. The van der Waals surface area contributed by atoms with E-state index < -0.39 is 0 Å². The fourth-order valence-corrected chi connectivity index (χ4v) is 4.02. The van der Waals surface area contributed by atoms with Crippen molar-refractivity contribution < 1.29 is 4.74 Å². The van der Waals surface area contributed by atoms with Gasteiger partial charge in [0.1, 0.15) is 0 Å². The molecule has 0 aliphatic heterocycles. The van der Waals surface area contributed by atoms with Gasteiger partial charge in [0, 0.05) is 17.4 Å². The first-order valence-electron chi connectivity index (χ1n) is 7.41.